The molecule has 0 aliphatic heterocycles. The molecule has 0 saturated carbocycles. The lowest BCUT2D eigenvalue weighted by Crippen LogP contribution is -2.18. The Hall–Kier alpha value is -2.22. The van der Waals surface area contributed by atoms with Gasteiger partial charge >= 0.3 is 13.1 Å². The van der Waals surface area contributed by atoms with Crippen molar-refractivity contribution in [2.45, 2.75) is 38.1 Å². The van der Waals surface area contributed by atoms with E-state index in [0.29, 0.717) is 41.5 Å². The molecule has 5 nitrogen and oxygen atoms in total. The lowest BCUT2D eigenvalue weighted by Gasteiger charge is -2.17. The summed E-state index contributed by atoms with van der Waals surface area (Å²) in [5, 5.41) is 37.3. The first-order valence-corrected chi connectivity index (χ1v) is 9.02. The molecule has 0 bridgehead atoms. The Kier molecular flexibility index (Phi) is 5.94. The predicted molar refractivity (Wildman–Crippen MR) is 99.6 cm³/mol. The normalized spacial score (nSPS) is 18.4. The van der Waals surface area contributed by atoms with Gasteiger partial charge in [-0.1, -0.05) is 30.7 Å². The van der Waals surface area contributed by atoms with Crippen LogP contribution in [0.5, 0.6) is 0 Å². The van der Waals surface area contributed by atoms with Crippen molar-refractivity contribution >= 4 is 13.1 Å². The SMILES string of the molecule is O=C(O)[C@@H]1c2cc(-c3ccccc3CO)c(F)cc2C[C@@H]1CCCB(O)O. The number of carboxylic acid groups (broad SMARTS) is 1. The van der Waals surface area contributed by atoms with Crippen molar-refractivity contribution in [2.75, 3.05) is 0 Å². The molecule has 0 spiro atoms. The zero-order chi connectivity index (χ0) is 19.6. The molecule has 0 fully saturated rings. The van der Waals surface area contributed by atoms with Crippen molar-refractivity contribution in [3.05, 3.63) is 58.9 Å². The number of benzene rings is 2. The fourth-order valence-corrected chi connectivity index (χ4v) is 4.05. The fourth-order valence-electron chi connectivity index (χ4n) is 4.05. The fraction of sp³-hybridized carbons (Fsp3) is 0.350. The van der Waals surface area contributed by atoms with E-state index in [0.717, 1.165) is 0 Å². The molecule has 0 amide bonds. The topological polar surface area (TPSA) is 98.0 Å². The van der Waals surface area contributed by atoms with Gasteiger partial charge in [-0.25, -0.2) is 4.39 Å². The second kappa shape index (κ2) is 8.21. The first-order valence-electron chi connectivity index (χ1n) is 9.02. The van der Waals surface area contributed by atoms with E-state index in [4.69, 9.17) is 10.0 Å². The number of aliphatic hydroxyl groups is 1. The third kappa shape index (κ3) is 4.05. The molecule has 1 aliphatic carbocycles. The minimum absolute atomic E-state index is 0.183. The van der Waals surface area contributed by atoms with Gasteiger partial charge in [0.15, 0.2) is 0 Å². The molecule has 0 aromatic heterocycles. The number of hydrogen-bond donors (Lipinski definition) is 4. The molecule has 0 unspecified atom stereocenters. The molecule has 0 radical (unpaired) electrons. The summed E-state index contributed by atoms with van der Waals surface area (Å²) in [4.78, 5) is 11.9. The van der Waals surface area contributed by atoms with Crippen LogP contribution in [0.15, 0.2) is 36.4 Å². The van der Waals surface area contributed by atoms with E-state index < -0.39 is 24.8 Å². The van der Waals surface area contributed by atoms with Crippen LogP contribution >= 0.6 is 0 Å². The van der Waals surface area contributed by atoms with Gasteiger partial charge in [-0.2, -0.15) is 0 Å². The average molecular weight is 372 g/mol. The summed E-state index contributed by atoms with van der Waals surface area (Å²) >= 11 is 0. The molecule has 1 aliphatic rings. The van der Waals surface area contributed by atoms with Crippen molar-refractivity contribution in [3.63, 3.8) is 0 Å². The van der Waals surface area contributed by atoms with Gasteiger partial charge in [-0.3, -0.25) is 4.79 Å². The third-order valence-electron chi connectivity index (χ3n) is 5.30. The quantitative estimate of drug-likeness (QED) is 0.560. The maximum Gasteiger partial charge on any atom is 0.451 e. The van der Waals surface area contributed by atoms with Crippen LogP contribution in [0.3, 0.4) is 0 Å². The second-order valence-corrected chi connectivity index (χ2v) is 7.04. The van der Waals surface area contributed by atoms with E-state index in [-0.39, 0.29) is 24.4 Å². The zero-order valence-corrected chi connectivity index (χ0v) is 14.8. The van der Waals surface area contributed by atoms with Crippen molar-refractivity contribution in [1.29, 1.82) is 0 Å². The Balaban J connectivity index is 1.97. The number of rotatable bonds is 7. The van der Waals surface area contributed by atoms with Crippen molar-refractivity contribution in [1.82, 2.24) is 0 Å². The van der Waals surface area contributed by atoms with Gasteiger partial charge in [0.1, 0.15) is 5.82 Å². The third-order valence-corrected chi connectivity index (χ3v) is 5.30. The summed E-state index contributed by atoms with van der Waals surface area (Å²) in [6.07, 6.45) is 1.64. The smallest absolute Gasteiger partial charge is 0.451 e. The maximum absolute atomic E-state index is 14.8. The van der Waals surface area contributed by atoms with Gasteiger partial charge in [0.2, 0.25) is 0 Å². The molecule has 2 aromatic rings. The van der Waals surface area contributed by atoms with E-state index in [1.54, 1.807) is 30.3 Å². The second-order valence-electron chi connectivity index (χ2n) is 7.04. The number of carboxylic acids is 1. The van der Waals surface area contributed by atoms with Gasteiger partial charge in [-0.05, 0) is 59.5 Å². The number of fused-ring (bicyclic) bond motifs is 1. The summed E-state index contributed by atoms with van der Waals surface area (Å²) in [7, 11) is -1.41. The lowest BCUT2D eigenvalue weighted by atomic mass is 9.80. The highest BCUT2D eigenvalue weighted by atomic mass is 19.1. The molecule has 27 heavy (non-hydrogen) atoms. The Labute approximate surface area is 157 Å². The summed E-state index contributed by atoms with van der Waals surface area (Å²) in [6.45, 7) is -0.235. The minimum Gasteiger partial charge on any atom is -0.481 e. The number of halogens is 1. The van der Waals surface area contributed by atoms with Crippen LogP contribution in [0.2, 0.25) is 6.32 Å². The Morgan fingerprint density at radius 2 is 1.93 bits per heavy atom. The lowest BCUT2D eigenvalue weighted by molar-refractivity contribution is -0.139. The molecule has 142 valence electrons. The van der Waals surface area contributed by atoms with Gasteiger partial charge in [0, 0.05) is 5.56 Å². The van der Waals surface area contributed by atoms with Crippen LogP contribution in [-0.4, -0.2) is 33.3 Å². The number of aliphatic carboxylic acids is 1. The highest BCUT2D eigenvalue weighted by Crippen LogP contribution is 2.43. The van der Waals surface area contributed by atoms with E-state index >= 15 is 0 Å². The molecule has 0 heterocycles. The van der Waals surface area contributed by atoms with Gasteiger partial charge in [0.05, 0.1) is 12.5 Å². The Morgan fingerprint density at radius 1 is 1.19 bits per heavy atom. The first kappa shape index (κ1) is 19.5. The molecule has 3 rings (SSSR count). The van der Waals surface area contributed by atoms with Crippen LogP contribution in [-0.2, 0) is 17.8 Å². The zero-order valence-electron chi connectivity index (χ0n) is 14.8. The number of carbonyl (C=O) groups is 1. The Bertz CT molecular complexity index is 839. The predicted octanol–water partition coefficient (Wildman–Crippen LogP) is 2.58. The molecule has 4 N–H and O–H groups in total. The van der Waals surface area contributed by atoms with Gasteiger partial charge < -0.3 is 20.3 Å². The summed E-state index contributed by atoms with van der Waals surface area (Å²) < 4.78 is 14.8. The number of hydrogen-bond acceptors (Lipinski definition) is 4. The minimum atomic E-state index is -1.41. The van der Waals surface area contributed by atoms with Crippen LogP contribution in [0.25, 0.3) is 11.1 Å². The molecule has 2 atom stereocenters. The molecular formula is C20H22BFO5. The van der Waals surface area contributed by atoms with Crippen LogP contribution in [0, 0.1) is 11.7 Å². The number of aliphatic hydroxyl groups excluding tert-OH is 1. The summed E-state index contributed by atoms with van der Waals surface area (Å²) in [5.41, 5.74) is 2.70. The van der Waals surface area contributed by atoms with Crippen molar-refractivity contribution < 1.29 is 29.4 Å². The largest absolute Gasteiger partial charge is 0.481 e. The van der Waals surface area contributed by atoms with Crippen molar-refractivity contribution in [2.24, 2.45) is 5.92 Å². The standard InChI is InChI=1S/C20H22BFO5/c22-18-9-14-8-12(5-3-7-21(26)27)19(20(24)25)16(14)10-17(18)15-6-2-1-4-13(15)11-23/h1-2,4,6,9-10,12,19,23,26-27H,3,5,7-8,11H2,(H,24,25)/t12-,19-/m0/s1. The van der Waals surface area contributed by atoms with Gasteiger partial charge in [-0.15, -0.1) is 0 Å². The van der Waals surface area contributed by atoms with Crippen LogP contribution in [0.4, 0.5) is 4.39 Å². The van der Waals surface area contributed by atoms with Gasteiger partial charge in [0.25, 0.3) is 0 Å². The molecule has 0 saturated heterocycles. The summed E-state index contributed by atoms with van der Waals surface area (Å²) in [5.74, 6) is -2.36. The van der Waals surface area contributed by atoms with E-state index in [9.17, 15) is 19.4 Å². The molecule has 7 heteroatoms. The van der Waals surface area contributed by atoms with E-state index in [2.05, 4.69) is 0 Å². The molecular weight excluding hydrogens is 350 g/mol. The highest BCUT2D eigenvalue weighted by Gasteiger charge is 2.38. The van der Waals surface area contributed by atoms with Crippen molar-refractivity contribution in [3.8, 4) is 11.1 Å². The van der Waals surface area contributed by atoms with Crippen LogP contribution < -0.4 is 0 Å². The maximum atomic E-state index is 14.8. The summed E-state index contributed by atoms with van der Waals surface area (Å²) in [6, 6.07) is 9.92. The monoisotopic (exact) mass is 372 g/mol. The van der Waals surface area contributed by atoms with E-state index in [1.165, 1.54) is 6.07 Å². The Morgan fingerprint density at radius 3 is 2.59 bits per heavy atom. The first-order chi connectivity index (χ1) is 12.9. The van der Waals surface area contributed by atoms with E-state index in [1.807, 2.05) is 0 Å². The highest BCUT2D eigenvalue weighted by molar-refractivity contribution is 6.40. The molecule has 2 aromatic carbocycles. The van der Waals surface area contributed by atoms with Crippen LogP contribution in [0.1, 0.15) is 35.4 Å². The average Bonchev–Trinajstić information content (AvgIpc) is 2.97.